The number of H-pyrrole nitrogens is 1. The van der Waals surface area contributed by atoms with Crippen LogP contribution in [0.2, 0.25) is 0 Å². The number of rotatable bonds is 2. The fourth-order valence-corrected chi connectivity index (χ4v) is 2.47. The summed E-state index contributed by atoms with van der Waals surface area (Å²) in [6, 6.07) is 5.93. The highest BCUT2D eigenvalue weighted by Gasteiger charge is 2.25. The van der Waals surface area contributed by atoms with E-state index in [1.54, 1.807) is 7.11 Å². The highest BCUT2D eigenvalue weighted by Crippen LogP contribution is 2.32. The van der Waals surface area contributed by atoms with E-state index in [1.807, 2.05) is 18.2 Å². The Bertz CT molecular complexity index is 655. The van der Waals surface area contributed by atoms with Gasteiger partial charge in [0, 0.05) is 29.3 Å². The number of aromatic nitrogens is 1. The van der Waals surface area contributed by atoms with Gasteiger partial charge in [0.05, 0.1) is 18.8 Å². The van der Waals surface area contributed by atoms with Gasteiger partial charge in [-0.25, -0.2) is 0 Å². The lowest BCUT2D eigenvalue weighted by Crippen LogP contribution is -2.28. The monoisotopic (exact) mass is 242 g/mol. The van der Waals surface area contributed by atoms with Crippen molar-refractivity contribution in [3.8, 4) is 0 Å². The molecule has 0 unspecified atom stereocenters. The average molecular weight is 242 g/mol. The second-order valence-electron chi connectivity index (χ2n) is 4.40. The average Bonchev–Trinajstić information content (AvgIpc) is 2.76. The Labute approximate surface area is 105 Å². The van der Waals surface area contributed by atoms with Gasteiger partial charge in [-0.2, -0.15) is 0 Å². The minimum Gasteiger partial charge on any atom is -0.380 e. The summed E-state index contributed by atoms with van der Waals surface area (Å²) in [6.45, 7) is 4.81. The van der Waals surface area contributed by atoms with Gasteiger partial charge in [0.25, 0.3) is 0 Å². The van der Waals surface area contributed by atoms with Crippen molar-refractivity contribution in [1.29, 1.82) is 0 Å². The maximum Gasteiger partial charge on any atom is 0.198 e. The SMILES string of the molecule is C=C1NCC(=O)c2[nH]c3cccc(COC)c3c21. The molecule has 3 rings (SSSR count). The van der Waals surface area contributed by atoms with Gasteiger partial charge in [-0.15, -0.1) is 0 Å². The number of benzene rings is 1. The smallest absolute Gasteiger partial charge is 0.198 e. The second-order valence-corrected chi connectivity index (χ2v) is 4.40. The molecule has 0 amide bonds. The third-order valence-corrected chi connectivity index (χ3v) is 3.25. The van der Waals surface area contributed by atoms with E-state index in [4.69, 9.17) is 4.74 Å². The molecule has 2 N–H and O–H groups in total. The molecule has 0 fully saturated rings. The number of hydrogen-bond donors (Lipinski definition) is 2. The molecule has 0 radical (unpaired) electrons. The van der Waals surface area contributed by atoms with E-state index >= 15 is 0 Å². The first-order valence-electron chi connectivity index (χ1n) is 5.81. The van der Waals surface area contributed by atoms with Gasteiger partial charge >= 0.3 is 0 Å². The molecular weight excluding hydrogens is 228 g/mol. The minimum absolute atomic E-state index is 0.0666. The number of nitrogens with one attached hydrogen (secondary N) is 2. The summed E-state index contributed by atoms with van der Waals surface area (Å²) in [5.41, 5.74) is 4.34. The van der Waals surface area contributed by atoms with Gasteiger partial charge in [-0.05, 0) is 11.6 Å². The summed E-state index contributed by atoms with van der Waals surface area (Å²) in [6.07, 6.45) is 0. The molecular formula is C14H14N2O2. The molecule has 4 heteroatoms. The molecule has 0 aliphatic carbocycles. The van der Waals surface area contributed by atoms with E-state index in [1.165, 1.54) is 0 Å². The zero-order valence-electron chi connectivity index (χ0n) is 10.2. The van der Waals surface area contributed by atoms with Crippen molar-refractivity contribution >= 4 is 22.4 Å². The number of methoxy groups -OCH3 is 1. The molecule has 0 spiro atoms. The summed E-state index contributed by atoms with van der Waals surface area (Å²) >= 11 is 0. The molecule has 1 aromatic heterocycles. The van der Waals surface area contributed by atoms with Crippen molar-refractivity contribution in [2.45, 2.75) is 6.61 Å². The zero-order chi connectivity index (χ0) is 12.7. The molecule has 0 saturated heterocycles. The van der Waals surface area contributed by atoms with Crippen LogP contribution in [-0.2, 0) is 11.3 Å². The Morgan fingerprint density at radius 1 is 1.44 bits per heavy atom. The summed E-state index contributed by atoms with van der Waals surface area (Å²) in [4.78, 5) is 15.1. The van der Waals surface area contributed by atoms with Crippen LogP contribution in [0.1, 0.15) is 21.6 Å². The number of aromatic amines is 1. The molecule has 2 aromatic rings. The normalized spacial score (nSPS) is 14.7. The minimum atomic E-state index is 0.0666. The zero-order valence-corrected chi connectivity index (χ0v) is 10.2. The van der Waals surface area contributed by atoms with Crippen molar-refractivity contribution in [3.63, 3.8) is 0 Å². The number of hydrogen-bond acceptors (Lipinski definition) is 3. The van der Waals surface area contributed by atoms with E-state index in [2.05, 4.69) is 16.9 Å². The Hall–Kier alpha value is -2.07. The van der Waals surface area contributed by atoms with Crippen molar-refractivity contribution in [2.24, 2.45) is 0 Å². The van der Waals surface area contributed by atoms with Gasteiger partial charge in [0.2, 0.25) is 0 Å². The summed E-state index contributed by atoms with van der Waals surface area (Å²) in [5.74, 6) is 0.0666. The lowest BCUT2D eigenvalue weighted by atomic mass is 9.99. The van der Waals surface area contributed by atoms with Gasteiger partial charge < -0.3 is 15.0 Å². The highest BCUT2D eigenvalue weighted by atomic mass is 16.5. The number of fused-ring (bicyclic) bond motifs is 3. The molecule has 92 valence electrons. The molecule has 2 heterocycles. The largest absolute Gasteiger partial charge is 0.380 e. The first-order chi connectivity index (χ1) is 8.72. The molecule has 0 bridgehead atoms. The van der Waals surface area contributed by atoms with Crippen LogP contribution in [-0.4, -0.2) is 24.4 Å². The van der Waals surface area contributed by atoms with Crippen LogP contribution in [0.3, 0.4) is 0 Å². The van der Waals surface area contributed by atoms with E-state index < -0.39 is 0 Å². The van der Waals surface area contributed by atoms with Crippen LogP contribution < -0.4 is 5.32 Å². The Kier molecular flexibility index (Phi) is 2.45. The molecule has 18 heavy (non-hydrogen) atoms. The summed E-state index contributed by atoms with van der Waals surface area (Å²) in [7, 11) is 1.66. The van der Waals surface area contributed by atoms with Crippen LogP contribution in [0, 0.1) is 0 Å². The third-order valence-electron chi connectivity index (χ3n) is 3.25. The predicted octanol–water partition coefficient (Wildman–Crippen LogP) is 2.07. The highest BCUT2D eigenvalue weighted by molar-refractivity contribution is 6.11. The first-order valence-corrected chi connectivity index (χ1v) is 5.81. The van der Waals surface area contributed by atoms with Crippen molar-refractivity contribution in [1.82, 2.24) is 10.3 Å². The molecule has 1 aromatic carbocycles. The quantitative estimate of drug-likeness (QED) is 0.847. The van der Waals surface area contributed by atoms with Gasteiger partial charge in [0.15, 0.2) is 5.78 Å². The predicted molar refractivity (Wildman–Crippen MR) is 70.4 cm³/mol. The molecule has 1 aliphatic heterocycles. The number of Topliss-reactive ketones (excluding diaryl/α,β-unsaturated/α-hetero) is 1. The topological polar surface area (TPSA) is 54.1 Å². The maximum atomic E-state index is 11.9. The fraction of sp³-hybridized carbons (Fsp3) is 0.214. The number of carbonyl (C=O) groups excluding carboxylic acids is 1. The van der Waals surface area contributed by atoms with Crippen LogP contribution in [0.4, 0.5) is 0 Å². The van der Waals surface area contributed by atoms with E-state index in [0.29, 0.717) is 18.8 Å². The standard InChI is InChI=1S/C14H14N2O2/c1-8-12-13-9(7-18-2)4-3-5-10(13)16-14(12)11(17)6-15-8/h3-5,15-16H,1,6-7H2,2H3. The Morgan fingerprint density at radius 3 is 3.06 bits per heavy atom. The second kappa shape index (κ2) is 3.99. The van der Waals surface area contributed by atoms with Crippen molar-refractivity contribution < 1.29 is 9.53 Å². The first kappa shape index (κ1) is 11.0. The maximum absolute atomic E-state index is 11.9. The van der Waals surface area contributed by atoms with Crippen molar-refractivity contribution in [2.75, 3.05) is 13.7 Å². The lowest BCUT2D eigenvalue weighted by molar-refractivity contribution is 0.0988. The summed E-state index contributed by atoms with van der Waals surface area (Å²) < 4.78 is 5.21. The van der Waals surface area contributed by atoms with E-state index in [9.17, 15) is 4.79 Å². The van der Waals surface area contributed by atoms with Gasteiger partial charge in [-0.3, -0.25) is 4.79 Å². The Balaban J connectivity index is 2.35. The number of ether oxygens (including phenoxy) is 1. The van der Waals surface area contributed by atoms with Crippen LogP contribution >= 0.6 is 0 Å². The lowest BCUT2D eigenvalue weighted by Gasteiger charge is -2.16. The van der Waals surface area contributed by atoms with Crippen LogP contribution in [0.15, 0.2) is 24.8 Å². The number of ketones is 1. The molecule has 1 aliphatic rings. The molecule has 0 atom stereocenters. The summed E-state index contributed by atoms with van der Waals surface area (Å²) in [5, 5.41) is 4.06. The molecule has 4 nitrogen and oxygen atoms in total. The van der Waals surface area contributed by atoms with Crippen molar-refractivity contribution in [3.05, 3.63) is 41.6 Å². The van der Waals surface area contributed by atoms with Crippen LogP contribution in [0.5, 0.6) is 0 Å². The van der Waals surface area contributed by atoms with Gasteiger partial charge in [-0.1, -0.05) is 18.7 Å². The van der Waals surface area contributed by atoms with E-state index in [0.717, 1.165) is 27.7 Å². The molecule has 0 saturated carbocycles. The third kappa shape index (κ3) is 1.46. The number of carbonyl (C=O) groups is 1. The fourth-order valence-electron chi connectivity index (χ4n) is 2.47. The van der Waals surface area contributed by atoms with E-state index in [-0.39, 0.29) is 5.78 Å². The Morgan fingerprint density at radius 2 is 2.28 bits per heavy atom. The van der Waals surface area contributed by atoms with Gasteiger partial charge in [0.1, 0.15) is 0 Å². The van der Waals surface area contributed by atoms with Crippen LogP contribution in [0.25, 0.3) is 16.6 Å².